The second-order valence-corrected chi connectivity index (χ2v) is 5.97. The van der Waals surface area contributed by atoms with E-state index in [1.807, 2.05) is 13.0 Å². The molecule has 0 aromatic heterocycles. The summed E-state index contributed by atoms with van der Waals surface area (Å²) >= 11 is 0. The molecule has 1 unspecified atom stereocenters. The highest BCUT2D eigenvalue weighted by atomic mass is 16.4. The number of hydrogen-bond donors (Lipinski definition) is 1. The van der Waals surface area contributed by atoms with E-state index in [1.165, 1.54) is 12.0 Å². The molecule has 1 aromatic carbocycles. The van der Waals surface area contributed by atoms with Gasteiger partial charge in [0.25, 0.3) is 0 Å². The standard InChI is InChI=1S/C16H23NO2/c1-11(2)14-6-7-17(9-14)10-15-5-4-13(16(18)19)8-12(15)3/h4-5,8,11,14H,6-7,9-10H2,1-3H3,(H,18,19). The molecule has 104 valence electrons. The third-order valence-electron chi connectivity index (χ3n) is 4.24. The van der Waals surface area contributed by atoms with Gasteiger partial charge in [0.2, 0.25) is 0 Å². The van der Waals surface area contributed by atoms with Gasteiger partial charge in [-0.25, -0.2) is 4.79 Å². The molecule has 1 saturated heterocycles. The van der Waals surface area contributed by atoms with E-state index in [0.717, 1.165) is 37.0 Å². The summed E-state index contributed by atoms with van der Waals surface area (Å²) in [6.45, 7) is 9.84. The van der Waals surface area contributed by atoms with Crippen LogP contribution in [-0.2, 0) is 6.54 Å². The molecule has 0 amide bonds. The van der Waals surface area contributed by atoms with Crippen LogP contribution in [0.2, 0.25) is 0 Å². The minimum Gasteiger partial charge on any atom is -0.478 e. The van der Waals surface area contributed by atoms with Crippen molar-refractivity contribution in [3.8, 4) is 0 Å². The number of nitrogens with zero attached hydrogens (tertiary/aromatic N) is 1. The Morgan fingerprint density at radius 3 is 2.74 bits per heavy atom. The first-order valence-corrected chi connectivity index (χ1v) is 7.02. The average Bonchev–Trinajstić information content (AvgIpc) is 2.80. The van der Waals surface area contributed by atoms with E-state index >= 15 is 0 Å². The van der Waals surface area contributed by atoms with Crippen LogP contribution in [0.4, 0.5) is 0 Å². The summed E-state index contributed by atoms with van der Waals surface area (Å²) in [6, 6.07) is 5.44. The molecule has 19 heavy (non-hydrogen) atoms. The molecule has 0 saturated carbocycles. The highest BCUT2D eigenvalue weighted by Crippen LogP contribution is 2.25. The van der Waals surface area contributed by atoms with Crippen molar-refractivity contribution in [1.82, 2.24) is 4.90 Å². The molecule has 1 aromatic rings. The van der Waals surface area contributed by atoms with Crippen LogP contribution in [0.5, 0.6) is 0 Å². The lowest BCUT2D eigenvalue weighted by atomic mass is 9.95. The molecule has 1 N–H and O–H groups in total. The molecular formula is C16H23NO2. The molecule has 0 aliphatic carbocycles. The summed E-state index contributed by atoms with van der Waals surface area (Å²) in [5.74, 6) is 0.703. The fourth-order valence-corrected chi connectivity index (χ4v) is 2.80. The zero-order valence-electron chi connectivity index (χ0n) is 12.0. The Bertz CT molecular complexity index is 468. The molecule has 3 nitrogen and oxygen atoms in total. The molecule has 1 aliphatic rings. The third-order valence-corrected chi connectivity index (χ3v) is 4.24. The van der Waals surface area contributed by atoms with Gasteiger partial charge >= 0.3 is 5.97 Å². The highest BCUT2D eigenvalue weighted by molar-refractivity contribution is 5.87. The van der Waals surface area contributed by atoms with Crippen LogP contribution in [0.1, 0.15) is 41.8 Å². The lowest BCUT2D eigenvalue weighted by Crippen LogP contribution is -2.22. The van der Waals surface area contributed by atoms with E-state index in [1.54, 1.807) is 12.1 Å². The van der Waals surface area contributed by atoms with Gasteiger partial charge in [-0.15, -0.1) is 0 Å². The molecule has 0 bridgehead atoms. The summed E-state index contributed by atoms with van der Waals surface area (Å²) in [4.78, 5) is 13.4. The predicted molar refractivity (Wildman–Crippen MR) is 76.4 cm³/mol. The summed E-state index contributed by atoms with van der Waals surface area (Å²) in [5, 5.41) is 8.97. The molecule has 3 heteroatoms. The monoisotopic (exact) mass is 261 g/mol. The molecule has 1 aliphatic heterocycles. The van der Waals surface area contributed by atoms with Crippen molar-refractivity contribution < 1.29 is 9.90 Å². The Kier molecular flexibility index (Phi) is 4.25. The van der Waals surface area contributed by atoms with E-state index in [9.17, 15) is 4.79 Å². The summed E-state index contributed by atoms with van der Waals surface area (Å²) in [5.41, 5.74) is 2.70. The number of hydrogen-bond acceptors (Lipinski definition) is 2. The number of rotatable bonds is 4. The van der Waals surface area contributed by atoms with Gasteiger partial charge in [-0.05, 0) is 55.0 Å². The first-order chi connectivity index (χ1) is 8.97. The zero-order chi connectivity index (χ0) is 14.0. The Hall–Kier alpha value is -1.35. The normalized spacial score (nSPS) is 20.1. The van der Waals surface area contributed by atoms with Crippen LogP contribution in [0, 0.1) is 18.8 Å². The average molecular weight is 261 g/mol. The number of aromatic carboxylic acids is 1. The van der Waals surface area contributed by atoms with Crippen LogP contribution >= 0.6 is 0 Å². The minimum absolute atomic E-state index is 0.378. The number of likely N-dealkylation sites (tertiary alicyclic amines) is 1. The van der Waals surface area contributed by atoms with Crippen molar-refractivity contribution in [3.63, 3.8) is 0 Å². The summed E-state index contributed by atoms with van der Waals surface area (Å²) in [6.07, 6.45) is 1.28. The van der Waals surface area contributed by atoms with Gasteiger partial charge in [0.1, 0.15) is 0 Å². The van der Waals surface area contributed by atoms with Gasteiger partial charge in [0.15, 0.2) is 0 Å². The van der Waals surface area contributed by atoms with Crippen molar-refractivity contribution in [2.24, 2.45) is 11.8 Å². The van der Waals surface area contributed by atoms with E-state index in [0.29, 0.717) is 5.56 Å². The number of carboxylic acid groups (broad SMARTS) is 1. The first-order valence-electron chi connectivity index (χ1n) is 7.02. The molecule has 1 fully saturated rings. The molecule has 1 atom stereocenters. The lowest BCUT2D eigenvalue weighted by Gasteiger charge is -2.19. The minimum atomic E-state index is -0.851. The highest BCUT2D eigenvalue weighted by Gasteiger charge is 2.24. The smallest absolute Gasteiger partial charge is 0.335 e. The van der Waals surface area contributed by atoms with E-state index < -0.39 is 5.97 Å². The first kappa shape index (κ1) is 14.1. The molecule has 0 radical (unpaired) electrons. The lowest BCUT2D eigenvalue weighted by molar-refractivity contribution is 0.0696. The predicted octanol–water partition coefficient (Wildman–Crippen LogP) is 3.17. The Morgan fingerprint density at radius 1 is 1.47 bits per heavy atom. The quantitative estimate of drug-likeness (QED) is 0.905. The fourth-order valence-electron chi connectivity index (χ4n) is 2.80. The fraction of sp³-hybridized carbons (Fsp3) is 0.562. The second kappa shape index (κ2) is 5.74. The molecular weight excluding hydrogens is 238 g/mol. The van der Waals surface area contributed by atoms with Gasteiger partial charge in [-0.1, -0.05) is 19.9 Å². The zero-order valence-corrected chi connectivity index (χ0v) is 12.0. The van der Waals surface area contributed by atoms with Crippen molar-refractivity contribution in [2.45, 2.75) is 33.7 Å². The van der Waals surface area contributed by atoms with Crippen molar-refractivity contribution in [2.75, 3.05) is 13.1 Å². The third kappa shape index (κ3) is 3.35. The maximum absolute atomic E-state index is 10.9. The van der Waals surface area contributed by atoms with Crippen molar-refractivity contribution in [3.05, 3.63) is 34.9 Å². The number of carboxylic acids is 1. The number of aryl methyl sites for hydroxylation is 1. The van der Waals surface area contributed by atoms with Gasteiger partial charge in [0, 0.05) is 13.1 Å². The summed E-state index contributed by atoms with van der Waals surface area (Å²) < 4.78 is 0. The van der Waals surface area contributed by atoms with E-state index in [4.69, 9.17) is 5.11 Å². The second-order valence-electron chi connectivity index (χ2n) is 5.97. The molecule has 1 heterocycles. The number of carbonyl (C=O) groups is 1. The Morgan fingerprint density at radius 2 is 2.21 bits per heavy atom. The Balaban J connectivity index is 2.02. The maximum Gasteiger partial charge on any atom is 0.335 e. The SMILES string of the molecule is Cc1cc(C(=O)O)ccc1CN1CCC(C(C)C)C1. The van der Waals surface area contributed by atoms with Crippen LogP contribution in [-0.4, -0.2) is 29.1 Å². The van der Waals surface area contributed by atoms with Crippen LogP contribution in [0.15, 0.2) is 18.2 Å². The van der Waals surface area contributed by atoms with Crippen molar-refractivity contribution in [1.29, 1.82) is 0 Å². The summed E-state index contributed by atoms with van der Waals surface area (Å²) in [7, 11) is 0. The van der Waals surface area contributed by atoms with Crippen LogP contribution in [0.3, 0.4) is 0 Å². The topological polar surface area (TPSA) is 40.5 Å². The molecule has 2 rings (SSSR count). The van der Waals surface area contributed by atoms with Crippen LogP contribution < -0.4 is 0 Å². The Labute approximate surface area is 115 Å². The largest absolute Gasteiger partial charge is 0.478 e. The van der Waals surface area contributed by atoms with Gasteiger partial charge < -0.3 is 5.11 Å². The van der Waals surface area contributed by atoms with Crippen molar-refractivity contribution >= 4 is 5.97 Å². The van der Waals surface area contributed by atoms with Gasteiger partial charge in [-0.2, -0.15) is 0 Å². The van der Waals surface area contributed by atoms with Gasteiger partial charge in [0.05, 0.1) is 5.56 Å². The van der Waals surface area contributed by atoms with Crippen LogP contribution in [0.25, 0.3) is 0 Å². The number of benzene rings is 1. The molecule has 0 spiro atoms. The van der Waals surface area contributed by atoms with Gasteiger partial charge in [-0.3, -0.25) is 4.90 Å². The van der Waals surface area contributed by atoms with E-state index in [-0.39, 0.29) is 0 Å². The van der Waals surface area contributed by atoms with E-state index in [2.05, 4.69) is 18.7 Å². The maximum atomic E-state index is 10.9.